The molecule has 3 aromatic carbocycles. The zero-order valence-electron chi connectivity index (χ0n) is 26.7. The van der Waals surface area contributed by atoms with Crippen LogP contribution in [0.15, 0.2) is 84.3 Å². The van der Waals surface area contributed by atoms with E-state index in [9.17, 15) is 27.9 Å². The van der Waals surface area contributed by atoms with Gasteiger partial charge in [0.25, 0.3) is 0 Å². The van der Waals surface area contributed by atoms with E-state index in [0.717, 1.165) is 38.5 Å². The number of thioether (sulfide) groups is 1. The minimum Gasteiger partial charge on any atom is -0.392 e. The smallest absolute Gasteiger partial charge is 0.392 e. The molecule has 2 N–H and O–H groups in total. The molecule has 49 heavy (non-hydrogen) atoms. The van der Waals surface area contributed by atoms with Gasteiger partial charge in [0.15, 0.2) is 11.4 Å². The Bertz CT molecular complexity index is 1770. The molecule has 258 valence electrons. The Morgan fingerprint density at radius 1 is 1.00 bits per heavy atom. The van der Waals surface area contributed by atoms with Crippen LogP contribution in [-0.4, -0.2) is 67.2 Å². The van der Waals surface area contributed by atoms with Gasteiger partial charge in [0.2, 0.25) is 5.91 Å². The fourth-order valence-electron chi connectivity index (χ4n) is 6.07. The third kappa shape index (κ3) is 8.32. The fraction of sp³-hybridized carbons (Fsp3) is 0.371. The first-order valence-electron chi connectivity index (χ1n) is 15.9. The van der Waals surface area contributed by atoms with Crippen LogP contribution in [-0.2, 0) is 39.3 Å². The monoisotopic (exact) mass is 695 g/mol. The molecule has 0 aliphatic carbocycles. The number of benzene rings is 3. The Hall–Kier alpha value is -4.24. The summed E-state index contributed by atoms with van der Waals surface area (Å²) in [6.45, 7) is -0.0566. The van der Waals surface area contributed by atoms with Gasteiger partial charge in [-0.05, 0) is 52.8 Å². The molecule has 14 heteroatoms. The summed E-state index contributed by atoms with van der Waals surface area (Å²) >= 11 is 1.56. The minimum atomic E-state index is -5.02. The number of ether oxygens (including phenoxy) is 2. The third-order valence-electron chi connectivity index (χ3n) is 8.63. The number of rotatable bonds is 10. The minimum absolute atomic E-state index is 0.0447. The number of aliphatic hydroxyl groups is 1. The molecule has 1 aromatic heterocycles. The number of carbonyl (C=O) groups is 2. The molecule has 2 fully saturated rings. The summed E-state index contributed by atoms with van der Waals surface area (Å²) in [7, 11) is 1.89. The first-order valence-corrected chi connectivity index (χ1v) is 16.9. The average molecular weight is 696 g/mol. The van der Waals surface area contributed by atoms with Crippen molar-refractivity contribution in [3.05, 3.63) is 101 Å². The Labute approximate surface area is 285 Å². The normalized spacial score (nSPS) is 21.1. The molecule has 4 atom stereocenters. The molecule has 10 nitrogen and oxygen atoms in total. The van der Waals surface area contributed by atoms with Crippen LogP contribution in [0.2, 0.25) is 0 Å². The van der Waals surface area contributed by atoms with Crippen LogP contribution < -0.4 is 5.32 Å². The van der Waals surface area contributed by atoms with Crippen molar-refractivity contribution in [1.82, 2.24) is 25.0 Å². The molecular formula is C35H36F3N5O5S. The molecule has 2 aliphatic rings. The van der Waals surface area contributed by atoms with Crippen molar-refractivity contribution in [1.29, 1.82) is 0 Å². The van der Waals surface area contributed by atoms with Gasteiger partial charge < -0.3 is 29.4 Å². The molecule has 3 heterocycles. The predicted octanol–water partition coefficient (Wildman–Crippen LogP) is 5.48. The van der Waals surface area contributed by atoms with Crippen LogP contribution in [0.3, 0.4) is 0 Å². The van der Waals surface area contributed by atoms with Crippen molar-refractivity contribution in [2.75, 3.05) is 12.3 Å². The summed E-state index contributed by atoms with van der Waals surface area (Å²) in [5.41, 5.74) is 5.11. The molecular weight excluding hydrogens is 659 g/mol. The largest absolute Gasteiger partial charge is 0.471 e. The van der Waals surface area contributed by atoms with E-state index >= 15 is 0 Å². The summed E-state index contributed by atoms with van der Waals surface area (Å²) in [6, 6.07) is 21.8. The molecule has 2 saturated heterocycles. The Morgan fingerprint density at radius 3 is 2.47 bits per heavy atom. The molecule has 0 bridgehead atoms. The second kappa shape index (κ2) is 15.1. The number of carbonyl (C=O) groups excluding carboxylic acids is 2. The summed E-state index contributed by atoms with van der Waals surface area (Å²) in [6.07, 6.45) is -3.33. The molecule has 0 radical (unpaired) electrons. The lowest BCUT2D eigenvalue weighted by atomic mass is 9.99. The van der Waals surface area contributed by atoms with Gasteiger partial charge in [0, 0.05) is 37.9 Å². The van der Waals surface area contributed by atoms with E-state index in [0.29, 0.717) is 23.5 Å². The number of hydrogen-bond donors (Lipinski definition) is 2. The number of hydrogen-bond acceptors (Lipinski definition) is 8. The lowest BCUT2D eigenvalue weighted by Crippen LogP contribution is -2.50. The van der Waals surface area contributed by atoms with E-state index in [2.05, 4.69) is 15.5 Å². The van der Waals surface area contributed by atoms with Gasteiger partial charge in [0.1, 0.15) is 12.4 Å². The van der Waals surface area contributed by atoms with Gasteiger partial charge in [-0.1, -0.05) is 72.4 Å². The van der Waals surface area contributed by atoms with Crippen molar-refractivity contribution >= 4 is 23.6 Å². The molecule has 4 aromatic rings. The highest BCUT2D eigenvalue weighted by atomic mass is 32.2. The number of likely N-dealkylation sites (tertiary alicyclic amines) is 1. The highest BCUT2D eigenvalue weighted by molar-refractivity contribution is 7.99. The SMILES string of the molecule is Cn1cnnc1SC[C@@H]1C[C@H](c2ccc(CO)cc2)O[C@H](c2cccc(-c3cccc(CNC(=O)[C@@H]4CCCN4C(=O)C(F)(F)F)c3)c2)O1. The van der Waals surface area contributed by atoms with Crippen LogP contribution in [0, 0.1) is 0 Å². The number of amides is 2. The number of aryl methyl sites for hydroxylation is 1. The maximum Gasteiger partial charge on any atom is 0.471 e. The molecule has 6 rings (SSSR count). The zero-order valence-corrected chi connectivity index (χ0v) is 27.5. The molecule has 0 saturated carbocycles. The topological polar surface area (TPSA) is 119 Å². The first-order chi connectivity index (χ1) is 23.6. The standard InChI is InChI=1S/C35H36F3N5O5S/c1-42-21-40-41-34(42)49-20-28-17-30(24-12-10-22(19-44)11-13-24)48-32(47-28)27-8-3-7-26(16-27)25-6-2-5-23(15-25)18-39-31(45)29-9-4-14-43(29)33(46)35(36,37)38/h2-3,5-8,10-13,15-16,21,28-30,32,44H,4,9,14,17-20H2,1H3,(H,39,45)/t28-,29-,30+,32+/m0/s1. The van der Waals surface area contributed by atoms with Gasteiger partial charge in [0.05, 0.1) is 18.8 Å². The maximum atomic E-state index is 13.0. The third-order valence-corrected chi connectivity index (χ3v) is 9.79. The van der Waals surface area contributed by atoms with Gasteiger partial charge in [-0.25, -0.2) is 0 Å². The summed E-state index contributed by atoms with van der Waals surface area (Å²) in [4.78, 5) is 25.3. The lowest BCUT2D eigenvalue weighted by molar-refractivity contribution is -0.245. The zero-order chi connectivity index (χ0) is 34.5. The fourth-order valence-corrected chi connectivity index (χ4v) is 6.98. The molecule has 2 amide bonds. The van der Waals surface area contributed by atoms with E-state index in [1.54, 1.807) is 18.1 Å². The van der Waals surface area contributed by atoms with Crippen molar-refractivity contribution in [2.24, 2.45) is 7.05 Å². The number of aromatic nitrogens is 3. The summed E-state index contributed by atoms with van der Waals surface area (Å²) in [5.74, 6) is -1.96. The van der Waals surface area contributed by atoms with E-state index in [1.165, 1.54) is 0 Å². The number of halogens is 3. The van der Waals surface area contributed by atoms with Gasteiger partial charge in [-0.15, -0.1) is 10.2 Å². The van der Waals surface area contributed by atoms with Crippen LogP contribution in [0.25, 0.3) is 11.1 Å². The molecule has 0 unspecified atom stereocenters. The number of alkyl halides is 3. The van der Waals surface area contributed by atoms with Gasteiger partial charge >= 0.3 is 12.1 Å². The summed E-state index contributed by atoms with van der Waals surface area (Å²) in [5, 5.41) is 21.1. The maximum absolute atomic E-state index is 13.0. The molecule has 0 spiro atoms. The second-order valence-electron chi connectivity index (χ2n) is 12.1. The quantitative estimate of drug-likeness (QED) is 0.210. The van der Waals surface area contributed by atoms with Crippen LogP contribution in [0.5, 0.6) is 0 Å². The van der Waals surface area contributed by atoms with Crippen molar-refractivity contribution in [3.63, 3.8) is 0 Å². The van der Waals surface area contributed by atoms with Crippen molar-refractivity contribution < 1.29 is 37.3 Å². The Balaban J connectivity index is 1.16. The van der Waals surface area contributed by atoms with Crippen LogP contribution >= 0.6 is 11.8 Å². The van der Waals surface area contributed by atoms with E-state index in [4.69, 9.17) is 9.47 Å². The van der Waals surface area contributed by atoms with E-state index in [-0.39, 0.29) is 38.3 Å². The van der Waals surface area contributed by atoms with Crippen molar-refractivity contribution in [2.45, 2.75) is 68.3 Å². The van der Waals surface area contributed by atoms with Gasteiger partial charge in [-0.2, -0.15) is 13.2 Å². The van der Waals surface area contributed by atoms with Gasteiger partial charge in [-0.3, -0.25) is 9.59 Å². The van der Waals surface area contributed by atoms with Crippen molar-refractivity contribution in [3.8, 4) is 11.1 Å². The Kier molecular flexibility index (Phi) is 10.7. The predicted molar refractivity (Wildman–Crippen MR) is 175 cm³/mol. The highest BCUT2D eigenvalue weighted by Crippen LogP contribution is 2.40. The Morgan fingerprint density at radius 2 is 1.76 bits per heavy atom. The second-order valence-corrected chi connectivity index (χ2v) is 13.1. The van der Waals surface area contributed by atoms with E-state index in [1.807, 2.05) is 84.4 Å². The number of nitrogens with zero attached hydrogens (tertiary/aromatic N) is 4. The number of nitrogens with one attached hydrogen (secondary N) is 1. The summed E-state index contributed by atoms with van der Waals surface area (Å²) < 4.78 is 54.0. The van der Waals surface area contributed by atoms with Crippen LogP contribution in [0.4, 0.5) is 13.2 Å². The number of aliphatic hydroxyl groups excluding tert-OH is 1. The first kappa shape index (κ1) is 34.6. The van der Waals surface area contributed by atoms with E-state index < -0.39 is 30.3 Å². The molecule has 2 aliphatic heterocycles. The average Bonchev–Trinajstić information content (AvgIpc) is 3.78. The van der Waals surface area contributed by atoms with Crippen LogP contribution in [0.1, 0.15) is 53.9 Å². The highest BCUT2D eigenvalue weighted by Gasteiger charge is 2.47. The lowest BCUT2D eigenvalue weighted by Gasteiger charge is -2.36.